The van der Waals surface area contributed by atoms with Gasteiger partial charge in [-0.3, -0.25) is 0 Å². The van der Waals surface area contributed by atoms with Crippen LogP contribution >= 0.6 is 0 Å². The molecule has 0 heterocycles. The highest BCUT2D eigenvalue weighted by Gasteiger charge is 2.46. The molecule has 3 nitrogen and oxygen atoms in total. The summed E-state index contributed by atoms with van der Waals surface area (Å²) < 4.78 is 19.2. The van der Waals surface area contributed by atoms with E-state index in [2.05, 4.69) is 55.5 Å². The molecule has 0 aromatic heterocycles. The molecule has 0 aliphatic heterocycles. The molecule has 4 rings (SSSR count). The van der Waals surface area contributed by atoms with Gasteiger partial charge in [-0.25, -0.2) is 0 Å². The predicted octanol–water partition coefficient (Wildman–Crippen LogP) is 9.21. The van der Waals surface area contributed by atoms with E-state index in [-0.39, 0.29) is 0 Å². The molecule has 3 aromatic carbocycles. The highest BCUT2D eigenvalue weighted by atomic mass is 28.4. The van der Waals surface area contributed by atoms with E-state index in [1.807, 2.05) is 20.8 Å². The van der Waals surface area contributed by atoms with Gasteiger partial charge >= 0.3 is 8.80 Å². The van der Waals surface area contributed by atoms with Crippen molar-refractivity contribution in [2.75, 3.05) is 19.8 Å². The first-order chi connectivity index (χ1) is 18.7. The van der Waals surface area contributed by atoms with Crippen molar-refractivity contribution in [1.29, 1.82) is 0 Å². The van der Waals surface area contributed by atoms with Crippen molar-refractivity contribution in [1.82, 2.24) is 0 Å². The molecule has 0 atom stereocenters. The second kappa shape index (κ2) is 14.4. The number of benzene rings is 3. The molecule has 1 aliphatic carbocycles. The molecule has 0 radical (unpaired) electrons. The van der Waals surface area contributed by atoms with Crippen molar-refractivity contribution in [2.24, 2.45) is 0 Å². The summed E-state index contributed by atoms with van der Waals surface area (Å²) in [7, 11) is -3.06. The molecule has 1 aliphatic rings. The van der Waals surface area contributed by atoms with Crippen LogP contribution in [-0.2, 0) is 19.7 Å². The molecular weight excluding hydrogens is 484 g/mol. The quantitative estimate of drug-likeness (QED) is 0.0944. The number of fused-ring (bicyclic) bond motifs is 3. The zero-order chi connectivity index (χ0) is 26.8. The Labute approximate surface area is 232 Å². The number of aryl methyl sites for hydroxylation is 1. The van der Waals surface area contributed by atoms with Gasteiger partial charge in [0.1, 0.15) is 0 Å². The molecular formula is C34H48O3Si. The van der Waals surface area contributed by atoms with E-state index in [0.717, 1.165) is 11.6 Å². The van der Waals surface area contributed by atoms with Crippen LogP contribution in [0.2, 0.25) is 0 Å². The minimum Gasteiger partial charge on any atom is -0.370 e. The summed E-state index contributed by atoms with van der Waals surface area (Å²) in [6.07, 6.45) is 14.8. The first kappa shape index (κ1) is 29.0. The van der Waals surface area contributed by atoms with Crippen LogP contribution in [0, 0.1) is 0 Å². The molecule has 3 aromatic rings. The third-order valence-electron chi connectivity index (χ3n) is 7.87. The number of hydrogen-bond donors (Lipinski definition) is 0. The van der Waals surface area contributed by atoms with Gasteiger partial charge in [-0.05, 0) is 72.2 Å². The van der Waals surface area contributed by atoms with Crippen molar-refractivity contribution >= 4 is 24.8 Å². The molecule has 0 fully saturated rings. The Morgan fingerprint density at radius 3 is 1.66 bits per heavy atom. The first-order valence-corrected chi connectivity index (χ1v) is 17.0. The molecule has 0 unspecified atom stereocenters. The Morgan fingerprint density at radius 2 is 1.08 bits per heavy atom. The Bertz CT molecular complexity index is 1150. The average molecular weight is 533 g/mol. The fourth-order valence-electron chi connectivity index (χ4n) is 6.16. The van der Waals surface area contributed by atoms with Gasteiger partial charge in [0, 0.05) is 25.0 Å². The van der Waals surface area contributed by atoms with Crippen LogP contribution in [0.15, 0.2) is 48.5 Å². The van der Waals surface area contributed by atoms with Crippen LogP contribution in [-0.4, -0.2) is 28.6 Å². The summed E-state index contributed by atoms with van der Waals surface area (Å²) in [6.45, 7) is 10.1. The van der Waals surface area contributed by atoms with Crippen molar-refractivity contribution in [3.8, 4) is 22.3 Å². The van der Waals surface area contributed by atoms with Gasteiger partial charge in [-0.2, -0.15) is 0 Å². The second-order valence-electron chi connectivity index (χ2n) is 10.5. The van der Waals surface area contributed by atoms with Gasteiger partial charge in [0.15, 0.2) is 0 Å². The second-order valence-corrected chi connectivity index (χ2v) is 13.0. The highest BCUT2D eigenvalue weighted by molar-refractivity contribution is 6.77. The smallest absolute Gasteiger partial charge is 0.370 e. The summed E-state index contributed by atoms with van der Waals surface area (Å²) in [5, 5.41) is 3.75. The summed E-state index contributed by atoms with van der Waals surface area (Å²) >= 11 is 0. The minimum absolute atomic E-state index is 0.566. The molecule has 0 saturated heterocycles. The Balaban J connectivity index is 1.60. The van der Waals surface area contributed by atoms with Crippen LogP contribution in [0.3, 0.4) is 0 Å². The zero-order valence-electron chi connectivity index (χ0n) is 24.2. The number of rotatable bonds is 18. The van der Waals surface area contributed by atoms with Gasteiger partial charge in [0.2, 0.25) is 0 Å². The maximum atomic E-state index is 6.39. The van der Waals surface area contributed by atoms with Crippen LogP contribution in [0.4, 0.5) is 0 Å². The fourth-order valence-corrected chi connectivity index (χ4v) is 8.87. The lowest BCUT2D eigenvalue weighted by molar-refractivity contribution is 0.0860. The third kappa shape index (κ3) is 6.25. The van der Waals surface area contributed by atoms with Crippen molar-refractivity contribution in [3.05, 3.63) is 54.1 Å². The first-order valence-electron chi connectivity index (χ1n) is 15.3. The van der Waals surface area contributed by atoms with E-state index in [0.29, 0.717) is 19.8 Å². The summed E-state index contributed by atoms with van der Waals surface area (Å²) in [4.78, 5) is 0. The fraction of sp³-hybridized carbons (Fsp3) is 0.529. The maximum absolute atomic E-state index is 6.39. The lowest BCUT2D eigenvalue weighted by atomic mass is 9.94. The van der Waals surface area contributed by atoms with Crippen molar-refractivity contribution in [2.45, 2.75) is 98.3 Å². The Hall–Kier alpha value is -1.98. The molecule has 206 valence electrons. The van der Waals surface area contributed by atoms with Crippen LogP contribution < -0.4 is 5.19 Å². The normalized spacial score (nSPS) is 12.4. The molecule has 0 N–H and O–H groups in total. The lowest BCUT2D eigenvalue weighted by Crippen LogP contribution is -2.57. The molecule has 0 saturated carbocycles. The zero-order valence-corrected chi connectivity index (χ0v) is 25.2. The largest absolute Gasteiger partial charge is 0.537 e. The summed E-state index contributed by atoms with van der Waals surface area (Å²) in [5.74, 6) is 0. The Kier molecular flexibility index (Phi) is 11.0. The van der Waals surface area contributed by atoms with E-state index >= 15 is 0 Å². The van der Waals surface area contributed by atoms with Crippen LogP contribution in [0.25, 0.3) is 33.0 Å². The van der Waals surface area contributed by atoms with E-state index < -0.39 is 8.80 Å². The molecule has 0 amide bonds. The van der Waals surface area contributed by atoms with Gasteiger partial charge in [0.25, 0.3) is 0 Å². The number of unbranched alkanes of at least 4 members (excludes halogenated alkanes) is 9. The summed E-state index contributed by atoms with van der Waals surface area (Å²) in [6, 6.07) is 18.0. The topological polar surface area (TPSA) is 27.7 Å². The van der Waals surface area contributed by atoms with E-state index in [4.69, 9.17) is 13.3 Å². The van der Waals surface area contributed by atoms with Gasteiger partial charge in [-0.15, -0.1) is 0 Å². The molecule has 0 spiro atoms. The van der Waals surface area contributed by atoms with E-state index in [1.54, 1.807) is 0 Å². The average Bonchev–Trinajstić information content (AvgIpc) is 3.28. The molecule has 0 bridgehead atoms. The van der Waals surface area contributed by atoms with Gasteiger partial charge in [-0.1, -0.05) is 113 Å². The van der Waals surface area contributed by atoms with Gasteiger partial charge in [0.05, 0.1) is 0 Å². The highest BCUT2D eigenvalue weighted by Crippen LogP contribution is 2.49. The lowest BCUT2D eigenvalue weighted by Gasteiger charge is -2.30. The van der Waals surface area contributed by atoms with Crippen LogP contribution in [0.1, 0.15) is 97.5 Å². The Morgan fingerprint density at radius 1 is 0.553 bits per heavy atom. The van der Waals surface area contributed by atoms with Crippen molar-refractivity contribution < 1.29 is 13.3 Å². The molecule has 4 heteroatoms. The minimum atomic E-state index is -3.06. The van der Waals surface area contributed by atoms with Crippen molar-refractivity contribution in [3.63, 3.8) is 0 Å². The van der Waals surface area contributed by atoms with E-state index in [1.165, 1.54) is 103 Å². The SMILES string of the molecule is CCCCCCCCCCCCc1ccc2ccc([Si](OCC)(OCC)OCC)c3c2c1-c1ccccc1-3. The predicted molar refractivity (Wildman–Crippen MR) is 164 cm³/mol. The van der Waals surface area contributed by atoms with E-state index in [9.17, 15) is 0 Å². The maximum Gasteiger partial charge on any atom is 0.537 e. The van der Waals surface area contributed by atoms with Gasteiger partial charge < -0.3 is 13.3 Å². The monoisotopic (exact) mass is 532 g/mol. The number of hydrogen-bond acceptors (Lipinski definition) is 3. The molecule has 38 heavy (non-hydrogen) atoms. The van der Waals surface area contributed by atoms with Crippen LogP contribution in [0.5, 0.6) is 0 Å². The third-order valence-corrected chi connectivity index (χ3v) is 11.0. The standard InChI is InChI=1S/C34H48O3Si/c1-5-9-10-11-12-13-14-15-16-17-20-27-23-24-28-25-26-31(38(35-6-2,36-7-3)37-8-4)34-30-22-19-18-21-29(30)32(27)33(28)34/h18-19,21-26H,5-17,20H2,1-4H3. The summed E-state index contributed by atoms with van der Waals surface area (Å²) in [5.41, 5.74) is 6.78.